The number of benzene rings is 2. The van der Waals surface area contributed by atoms with Gasteiger partial charge in [0.1, 0.15) is 17.6 Å². The van der Waals surface area contributed by atoms with Crippen LogP contribution in [0.5, 0.6) is 0 Å². The summed E-state index contributed by atoms with van der Waals surface area (Å²) in [6.07, 6.45) is 1.41. The number of ether oxygens (including phenoxy) is 1. The fourth-order valence-corrected chi connectivity index (χ4v) is 3.64. The van der Waals surface area contributed by atoms with E-state index in [1.54, 1.807) is 30.3 Å². The number of nitrogens with one attached hydrogen (secondary N) is 2. The first kappa shape index (κ1) is 21.6. The summed E-state index contributed by atoms with van der Waals surface area (Å²) >= 11 is 1.02. The molecule has 3 rings (SSSR count). The van der Waals surface area contributed by atoms with Crippen LogP contribution < -0.4 is 10.0 Å². The summed E-state index contributed by atoms with van der Waals surface area (Å²) in [4.78, 5) is 23.7. The average Bonchev–Trinajstić information content (AvgIpc) is 3.20. The largest absolute Gasteiger partial charge is 0.455 e. The number of rotatable bonds is 8. The molecule has 156 valence electrons. The third-order valence-electron chi connectivity index (χ3n) is 3.86. The highest BCUT2D eigenvalue weighted by Gasteiger charge is 2.13. The van der Waals surface area contributed by atoms with Crippen LogP contribution in [0, 0.1) is 6.92 Å². The minimum atomic E-state index is -3.84. The molecular formula is C19H18N4O5S2. The highest BCUT2D eigenvalue weighted by Crippen LogP contribution is 2.20. The molecule has 0 fully saturated rings. The minimum absolute atomic E-state index is 0.448. The fourth-order valence-electron chi connectivity index (χ4n) is 2.34. The lowest BCUT2D eigenvalue weighted by Crippen LogP contribution is -2.31. The molecule has 11 heteroatoms. The summed E-state index contributed by atoms with van der Waals surface area (Å²) in [5, 5.41) is 3.54. The number of fused-ring (bicyclic) bond motifs is 1. The van der Waals surface area contributed by atoms with Crippen molar-refractivity contribution in [1.29, 1.82) is 0 Å². The van der Waals surface area contributed by atoms with Crippen molar-refractivity contribution < 1.29 is 22.7 Å². The zero-order valence-electron chi connectivity index (χ0n) is 15.9. The molecule has 0 unspecified atom stereocenters. The molecule has 0 saturated heterocycles. The Kier molecular flexibility index (Phi) is 6.87. The van der Waals surface area contributed by atoms with Gasteiger partial charge in [0.25, 0.3) is 5.91 Å². The van der Waals surface area contributed by atoms with Crippen LogP contribution in [0.1, 0.15) is 11.1 Å². The molecule has 2 N–H and O–H groups in total. The molecular weight excluding hydrogens is 428 g/mol. The van der Waals surface area contributed by atoms with Crippen molar-refractivity contribution in [3.63, 3.8) is 0 Å². The van der Waals surface area contributed by atoms with Gasteiger partial charge in [-0.1, -0.05) is 35.9 Å². The monoisotopic (exact) mass is 446 g/mol. The molecule has 0 aliphatic rings. The Labute approximate surface area is 177 Å². The lowest BCUT2D eigenvalue weighted by Gasteiger charge is -2.07. The first-order valence-electron chi connectivity index (χ1n) is 8.73. The van der Waals surface area contributed by atoms with Crippen molar-refractivity contribution in [2.75, 3.05) is 18.5 Å². The average molecular weight is 447 g/mol. The molecule has 0 saturated carbocycles. The summed E-state index contributed by atoms with van der Waals surface area (Å²) in [5.74, 6) is -1.46. The van der Waals surface area contributed by atoms with Crippen molar-refractivity contribution in [3.05, 3.63) is 59.0 Å². The third kappa shape index (κ3) is 6.17. The smallest absolute Gasteiger partial charge is 0.321 e. The lowest BCUT2D eigenvalue weighted by molar-refractivity contribution is -0.146. The molecule has 0 atom stereocenters. The van der Waals surface area contributed by atoms with Gasteiger partial charge in [0.15, 0.2) is 6.61 Å². The van der Waals surface area contributed by atoms with Crippen LogP contribution in [0.4, 0.5) is 5.69 Å². The van der Waals surface area contributed by atoms with Crippen LogP contribution in [0.25, 0.3) is 17.1 Å². The van der Waals surface area contributed by atoms with E-state index in [0.717, 1.165) is 22.7 Å². The Morgan fingerprint density at radius 1 is 1.13 bits per heavy atom. The number of sulfonamides is 1. The van der Waals surface area contributed by atoms with Gasteiger partial charge in [-0.25, -0.2) is 13.1 Å². The maximum atomic E-state index is 12.0. The Morgan fingerprint density at radius 2 is 1.90 bits per heavy atom. The predicted molar refractivity (Wildman–Crippen MR) is 114 cm³/mol. The number of anilines is 1. The predicted octanol–water partition coefficient (Wildman–Crippen LogP) is 2.07. The van der Waals surface area contributed by atoms with Crippen molar-refractivity contribution in [1.82, 2.24) is 13.5 Å². The standard InChI is InChI=1S/C19H18N4O5S2/c1-13-5-7-14(8-6-13)9-10-30(26,27)20-11-18(25)28-12-17(24)21-15-3-2-4-16-19(15)23-29-22-16/h2-10,20H,11-12H2,1H3,(H,21,24). The van der Waals surface area contributed by atoms with E-state index in [4.69, 9.17) is 4.74 Å². The van der Waals surface area contributed by atoms with Gasteiger partial charge in [-0.05, 0) is 30.7 Å². The molecule has 0 aliphatic carbocycles. The van der Waals surface area contributed by atoms with Crippen LogP contribution >= 0.6 is 11.7 Å². The van der Waals surface area contributed by atoms with E-state index in [9.17, 15) is 18.0 Å². The zero-order valence-corrected chi connectivity index (χ0v) is 17.5. The summed E-state index contributed by atoms with van der Waals surface area (Å²) in [7, 11) is -3.84. The van der Waals surface area contributed by atoms with Crippen molar-refractivity contribution in [2.24, 2.45) is 0 Å². The first-order valence-corrected chi connectivity index (χ1v) is 11.0. The van der Waals surface area contributed by atoms with E-state index in [1.165, 1.54) is 6.08 Å². The summed E-state index contributed by atoms with van der Waals surface area (Å²) in [6.45, 7) is 0.765. The Balaban J connectivity index is 1.45. The summed E-state index contributed by atoms with van der Waals surface area (Å²) in [5.41, 5.74) is 3.39. The van der Waals surface area contributed by atoms with Gasteiger partial charge in [-0.15, -0.1) is 0 Å². The molecule has 1 heterocycles. The van der Waals surface area contributed by atoms with Gasteiger partial charge in [0.2, 0.25) is 10.0 Å². The first-order chi connectivity index (χ1) is 14.3. The van der Waals surface area contributed by atoms with E-state index < -0.39 is 35.1 Å². The highest BCUT2D eigenvalue weighted by atomic mass is 32.2. The molecule has 0 spiro atoms. The number of aromatic nitrogens is 2. The van der Waals surface area contributed by atoms with Gasteiger partial charge in [0, 0.05) is 5.41 Å². The van der Waals surface area contributed by atoms with E-state index in [0.29, 0.717) is 22.3 Å². The van der Waals surface area contributed by atoms with E-state index in [-0.39, 0.29) is 0 Å². The molecule has 9 nitrogen and oxygen atoms in total. The van der Waals surface area contributed by atoms with Gasteiger partial charge >= 0.3 is 5.97 Å². The van der Waals surface area contributed by atoms with Crippen LogP contribution in [0.3, 0.4) is 0 Å². The summed E-state index contributed by atoms with van der Waals surface area (Å²) in [6, 6.07) is 12.4. The van der Waals surface area contributed by atoms with Gasteiger partial charge < -0.3 is 10.1 Å². The highest BCUT2D eigenvalue weighted by molar-refractivity contribution is 7.92. The summed E-state index contributed by atoms with van der Waals surface area (Å²) < 4.78 is 39.0. The van der Waals surface area contributed by atoms with E-state index >= 15 is 0 Å². The quantitative estimate of drug-likeness (QED) is 0.507. The maximum absolute atomic E-state index is 12.0. The molecule has 0 radical (unpaired) electrons. The number of esters is 1. The maximum Gasteiger partial charge on any atom is 0.321 e. The zero-order chi connectivity index (χ0) is 21.6. The normalized spacial score (nSPS) is 11.6. The van der Waals surface area contributed by atoms with E-state index in [2.05, 4.69) is 18.8 Å². The Hall–Kier alpha value is -3.15. The lowest BCUT2D eigenvalue weighted by atomic mass is 10.2. The number of nitrogens with zero attached hydrogens (tertiary/aromatic N) is 2. The SMILES string of the molecule is Cc1ccc(C=CS(=O)(=O)NCC(=O)OCC(=O)Nc2cccc3nsnc23)cc1. The van der Waals surface area contributed by atoms with Crippen molar-refractivity contribution in [3.8, 4) is 0 Å². The molecule has 2 aromatic carbocycles. The van der Waals surface area contributed by atoms with Crippen LogP contribution in [0.2, 0.25) is 0 Å². The molecule has 1 amide bonds. The molecule has 0 bridgehead atoms. The van der Waals surface area contributed by atoms with Gasteiger partial charge in [0.05, 0.1) is 17.4 Å². The molecule has 3 aromatic rings. The van der Waals surface area contributed by atoms with Crippen LogP contribution in [-0.2, 0) is 24.3 Å². The van der Waals surface area contributed by atoms with Gasteiger partial charge in [-0.3, -0.25) is 9.59 Å². The second-order valence-electron chi connectivity index (χ2n) is 6.23. The number of hydrogen-bond acceptors (Lipinski definition) is 8. The third-order valence-corrected chi connectivity index (χ3v) is 5.44. The van der Waals surface area contributed by atoms with Crippen molar-refractivity contribution in [2.45, 2.75) is 6.92 Å². The van der Waals surface area contributed by atoms with Crippen LogP contribution in [0.15, 0.2) is 47.9 Å². The Morgan fingerprint density at radius 3 is 2.67 bits per heavy atom. The number of amides is 1. The second kappa shape index (κ2) is 9.57. The number of aryl methyl sites for hydroxylation is 1. The second-order valence-corrected chi connectivity index (χ2v) is 8.41. The molecule has 0 aliphatic heterocycles. The molecule has 30 heavy (non-hydrogen) atoms. The minimum Gasteiger partial charge on any atom is -0.455 e. The van der Waals surface area contributed by atoms with Crippen LogP contribution in [-0.4, -0.2) is 42.2 Å². The van der Waals surface area contributed by atoms with E-state index in [1.807, 2.05) is 19.1 Å². The fraction of sp³-hybridized carbons (Fsp3) is 0.158. The number of carbonyl (C=O) groups is 2. The number of hydrogen-bond donors (Lipinski definition) is 2. The molecule has 1 aromatic heterocycles. The number of carbonyl (C=O) groups excluding carboxylic acids is 2. The van der Waals surface area contributed by atoms with Gasteiger partial charge in [-0.2, -0.15) is 8.75 Å². The Bertz CT molecular complexity index is 1190. The topological polar surface area (TPSA) is 127 Å². The van der Waals surface area contributed by atoms with Crippen molar-refractivity contribution >= 4 is 56.4 Å².